The lowest BCUT2D eigenvalue weighted by Crippen LogP contribution is -2.31. The van der Waals surface area contributed by atoms with E-state index < -0.39 is 46.2 Å². The molecule has 11 heteroatoms. The van der Waals surface area contributed by atoms with E-state index in [1.807, 2.05) is 0 Å². The van der Waals surface area contributed by atoms with E-state index in [9.17, 15) is 26.8 Å². The highest BCUT2D eigenvalue weighted by molar-refractivity contribution is 7.89. The van der Waals surface area contributed by atoms with Crippen molar-refractivity contribution in [1.82, 2.24) is 10.0 Å². The molecule has 0 fully saturated rings. The van der Waals surface area contributed by atoms with Crippen molar-refractivity contribution in [3.63, 3.8) is 0 Å². The molecule has 0 unspecified atom stereocenters. The maximum Gasteiger partial charge on any atom is 0.338 e. The van der Waals surface area contributed by atoms with Gasteiger partial charge in [0.15, 0.2) is 6.61 Å². The number of hydrogen-bond acceptors (Lipinski definition) is 6. The molecule has 1 heterocycles. The molecular formula is C23H22F2N2O6S. The highest BCUT2D eigenvalue weighted by Gasteiger charge is 2.21. The minimum absolute atomic E-state index is 0.0358. The Balaban J connectivity index is 1.62. The van der Waals surface area contributed by atoms with Gasteiger partial charge in [-0.05, 0) is 49.7 Å². The molecular weight excluding hydrogens is 470 g/mol. The fourth-order valence-corrected chi connectivity index (χ4v) is 4.09. The molecule has 3 rings (SSSR count). The lowest BCUT2D eigenvalue weighted by atomic mass is 10.1. The molecule has 0 bridgehead atoms. The van der Waals surface area contributed by atoms with Gasteiger partial charge in [0.1, 0.15) is 17.4 Å². The maximum atomic E-state index is 13.9. The number of halogens is 2. The van der Waals surface area contributed by atoms with Gasteiger partial charge >= 0.3 is 5.97 Å². The summed E-state index contributed by atoms with van der Waals surface area (Å²) >= 11 is 0. The van der Waals surface area contributed by atoms with Crippen LogP contribution in [0.1, 0.15) is 40.2 Å². The summed E-state index contributed by atoms with van der Waals surface area (Å²) in [6, 6.07) is 9.32. The molecule has 1 amide bonds. The Kier molecular flexibility index (Phi) is 7.79. The summed E-state index contributed by atoms with van der Waals surface area (Å²) in [6.07, 6.45) is 1.41. The van der Waals surface area contributed by atoms with E-state index in [0.29, 0.717) is 17.4 Å². The molecule has 180 valence electrons. The molecule has 1 aromatic heterocycles. The van der Waals surface area contributed by atoms with Crippen molar-refractivity contribution in [2.75, 3.05) is 6.61 Å². The number of furan rings is 1. The number of ether oxygens (including phenoxy) is 1. The minimum atomic E-state index is -3.95. The zero-order valence-electron chi connectivity index (χ0n) is 18.3. The number of amides is 1. The molecule has 0 saturated carbocycles. The number of nitrogens with one attached hydrogen (secondary N) is 2. The second-order valence-electron chi connectivity index (χ2n) is 7.41. The maximum absolute atomic E-state index is 13.9. The van der Waals surface area contributed by atoms with E-state index in [0.717, 1.165) is 12.1 Å². The number of esters is 1. The van der Waals surface area contributed by atoms with Crippen LogP contribution >= 0.6 is 0 Å². The fraction of sp³-hybridized carbons (Fsp3) is 0.217. The SMILES string of the molecule is Cc1ccc(S(=O)(=O)NCc2ccco2)cc1C(=O)OCC(=O)N[C@@H](C)c1ccc(F)cc1F. The van der Waals surface area contributed by atoms with Gasteiger partial charge in [-0.2, -0.15) is 0 Å². The Labute approximate surface area is 195 Å². The van der Waals surface area contributed by atoms with Crippen LogP contribution in [0.25, 0.3) is 0 Å². The van der Waals surface area contributed by atoms with Crippen LogP contribution in [0, 0.1) is 18.6 Å². The quantitative estimate of drug-likeness (QED) is 0.443. The van der Waals surface area contributed by atoms with Crippen LogP contribution in [0.4, 0.5) is 8.78 Å². The molecule has 2 N–H and O–H groups in total. The summed E-state index contributed by atoms with van der Waals surface area (Å²) < 4.78 is 64.5. The van der Waals surface area contributed by atoms with E-state index >= 15 is 0 Å². The number of sulfonamides is 1. The summed E-state index contributed by atoms with van der Waals surface area (Å²) in [5, 5.41) is 2.45. The zero-order valence-corrected chi connectivity index (χ0v) is 19.1. The van der Waals surface area contributed by atoms with Crippen LogP contribution in [0.15, 0.2) is 64.1 Å². The summed E-state index contributed by atoms with van der Waals surface area (Å²) in [5.41, 5.74) is 0.473. The number of benzene rings is 2. The van der Waals surface area contributed by atoms with Gasteiger partial charge in [-0.15, -0.1) is 0 Å². The van der Waals surface area contributed by atoms with Gasteiger partial charge in [0, 0.05) is 11.6 Å². The number of rotatable bonds is 9. The highest BCUT2D eigenvalue weighted by Crippen LogP contribution is 2.19. The molecule has 3 aromatic rings. The summed E-state index contributed by atoms with van der Waals surface area (Å²) in [4.78, 5) is 24.5. The third-order valence-corrected chi connectivity index (χ3v) is 6.30. The molecule has 0 spiro atoms. The van der Waals surface area contributed by atoms with Crippen molar-refractivity contribution in [1.29, 1.82) is 0 Å². The van der Waals surface area contributed by atoms with Crippen LogP contribution < -0.4 is 10.0 Å². The summed E-state index contributed by atoms with van der Waals surface area (Å²) in [6.45, 7) is 2.32. The summed E-state index contributed by atoms with van der Waals surface area (Å²) in [5.74, 6) is -2.78. The van der Waals surface area contributed by atoms with Crippen LogP contribution in [0.2, 0.25) is 0 Å². The average Bonchev–Trinajstić information content (AvgIpc) is 3.30. The molecule has 0 radical (unpaired) electrons. The third kappa shape index (κ3) is 6.27. The van der Waals surface area contributed by atoms with Gasteiger partial charge < -0.3 is 14.5 Å². The minimum Gasteiger partial charge on any atom is -0.468 e. The molecule has 0 aliphatic rings. The number of hydrogen-bond donors (Lipinski definition) is 2. The van der Waals surface area contributed by atoms with Gasteiger partial charge in [-0.25, -0.2) is 26.7 Å². The van der Waals surface area contributed by atoms with Crippen LogP contribution in [-0.2, 0) is 26.1 Å². The van der Waals surface area contributed by atoms with Gasteiger partial charge in [0.05, 0.1) is 29.3 Å². The van der Waals surface area contributed by atoms with Crippen molar-refractivity contribution in [3.8, 4) is 0 Å². The first-order valence-corrected chi connectivity index (χ1v) is 11.6. The van der Waals surface area contributed by atoms with Gasteiger partial charge in [-0.3, -0.25) is 4.79 Å². The highest BCUT2D eigenvalue weighted by atomic mass is 32.2. The normalized spacial score (nSPS) is 12.2. The Morgan fingerprint density at radius 2 is 1.88 bits per heavy atom. The first-order valence-electron chi connectivity index (χ1n) is 10.1. The number of aryl methyl sites for hydroxylation is 1. The van der Waals surface area contributed by atoms with Crippen LogP contribution in [0.3, 0.4) is 0 Å². The fourth-order valence-electron chi connectivity index (χ4n) is 3.07. The van der Waals surface area contributed by atoms with Crippen molar-refractivity contribution in [2.45, 2.75) is 31.3 Å². The molecule has 0 aliphatic heterocycles. The van der Waals surface area contributed by atoms with Gasteiger partial charge in [0.2, 0.25) is 10.0 Å². The molecule has 1 atom stereocenters. The standard InChI is InChI=1S/C23H22F2N2O6S/c1-14-5-7-18(34(30,31)26-12-17-4-3-9-32-17)11-20(14)23(29)33-13-22(28)27-15(2)19-8-6-16(24)10-21(19)25/h3-11,15,26H,12-13H2,1-2H3,(H,27,28)/t15-/m0/s1. The topological polar surface area (TPSA) is 115 Å². The first-order chi connectivity index (χ1) is 16.1. The van der Waals surface area contributed by atoms with E-state index in [1.54, 1.807) is 19.1 Å². The Hall–Kier alpha value is -3.57. The zero-order chi connectivity index (χ0) is 24.9. The predicted molar refractivity (Wildman–Crippen MR) is 117 cm³/mol. The van der Waals surface area contributed by atoms with Gasteiger partial charge in [-0.1, -0.05) is 12.1 Å². The van der Waals surface area contributed by atoms with Crippen LogP contribution in [0.5, 0.6) is 0 Å². The Morgan fingerprint density at radius 1 is 1.12 bits per heavy atom. The van der Waals surface area contributed by atoms with Crippen LogP contribution in [-0.4, -0.2) is 26.9 Å². The van der Waals surface area contributed by atoms with Crippen molar-refractivity contribution >= 4 is 21.9 Å². The Bertz CT molecular complexity index is 1290. The van der Waals surface area contributed by atoms with Crippen molar-refractivity contribution in [2.24, 2.45) is 0 Å². The predicted octanol–water partition coefficient (Wildman–Crippen LogP) is 3.38. The van der Waals surface area contributed by atoms with E-state index in [4.69, 9.17) is 9.15 Å². The van der Waals surface area contributed by atoms with Crippen molar-refractivity contribution in [3.05, 3.63) is 88.9 Å². The van der Waals surface area contributed by atoms with E-state index in [1.165, 1.54) is 31.4 Å². The molecule has 0 aliphatic carbocycles. The third-order valence-electron chi connectivity index (χ3n) is 4.90. The lowest BCUT2D eigenvalue weighted by Gasteiger charge is -2.15. The molecule has 8 nitrogen and oxygen atoms in total. The lowest BCUT2D eigenvalue weighted by molar-refractivity contribution is -0.124. The second kappa shape index (κ2) is 10.6. The largest absolute Gasteiger partial charge is 0.468 e. The molecule has 0 saturated heterocycles. The number of carbonyl (C=O) groups is 2. The molecule has 34 heavy (non-hydrogen) atoms. The second-order valence-corrected chi connectivity index (χ2v) is 9.18. The van der Waals surface area contributed by atoms with Crippen molar-refractivity contribution < 1.29 is 35.9 Å². The van der Waals surface area contributed by atoms with E-state index in [-0.39, 0.29) is 22.6 Å². The molecule has 2 aromatic carbocycles. The Morgan fingerprint density at radius 3 is 2.56 bits per heavy atom. The smallest absolute Gasteiger partial charge is 0.338 e. The monoisotopic (exact) mass is 492 g/mol. The van der Waals surface area contributed by atoms with Gasteiger partial charge in [0.25, 0.3) is 5.91 Å². The average molecular weight is 493 g/mol. The number of carbonyl (C=O) groups excluding carboxylic acids is 2. The van der Waals surface area contributed by atoms with E-state index in [2.05, 4.69) is 10.0 Å². The first kappa shape index (κ1) is 25.1. The summed E-state index contributed by atoms with van der Waals surface area (Å²) in [7, 11) is -3.95.